The summed E-state index contributed by atoms with van der Waals surface area (Å²) in [6.07, 6.45) is 0. The Morgan fingerprint density at radius 3 is 0.400 bits per heavy atom. The van der Waals surface area contributed by atoms with Gasteiger partial charge in [0.2, 0.25) is 0 Å². The zero-order valence-electron chi connectivity index (χ0n) is 13.1. The van der Waals surface area contributed by atoms with Crippen LogP contribution in [-0.2, 0) is 0 Å². The van der Waals surface area contributed by atoms with Crippen molar-refractivity contribution in [2.24, 2.45) is 0 Å². The fourth-order valence-electron chi connectivity index (χ4n) is 0. The minimum Gasteiger partial charge on any atom is -0.418 e. The molecule has 0 bridgehead atoms. The number of hydrogen-bond acceptors (Lipinski definition) is 0. The Morgan fingerprint density at radius 1 is 0.400 bits per heavy atom. The van der Waals surface area contributed by atoms with E-state index in [2.05, 4.69) is 56.4 Å². The molecule has 0 spiro atoms. The van der Waals surface area contributed by atoms with Crippen molar-refractivity contribution in [3.05, 3.63) is 0 Å². The van der Waals surface area contributed by atoms with E-state index in [1.807, 2.05) is 0 Å². The van der Waals surface area contributed by atoms with Gasteiger partial charge in [0.1, 0.15) is 0 Å². The highest BCUT2D eigenvalue weighted by Gasteiger charge is 2.21. The van der Waals surface area contributed by atoms with Crippen molar-refractivity contribution in [1.82, 2.24) is 0 Å². The Balaban J connectivity index is -0.0000000853. The van der Waals surface area contributed by atoms with Crippen LogP contribution in [0.1, 0.15) is 0 Å². The van der Waals surface area contributed by atoms with E-state index in [0.717, 1.165) is 8.97 Å². The molecule has 0 atom stereocenters. The van der Waals surface area contributed by atoms with Gasteiger partial charge in [-0.05, 0) is 0 Å². The summed E-state index contributed by atoms with van der Waals surface area (Å²) in [6.45, 7) is 0. The predicted molar refractivity (Wildman–Crippen MR) is 68.3 cm³/mol. The van der Waals surface area contributed by atoms with Gasteiger partial charge in [0.05, 0.1) is 56.4 Å². The maximum atomic E-state index is 9.75. The highest BCUT2D eigenvalue weighted by molar-refractivity contribution is 6.50. The third kappa shape index (κ3) is 18300. The third-order valence-corrected chi connectivity index (χ3v) is 0. The fourth-order valence-corrected chi connectivity index (χ4v) is 0. The van der Waals surface area contributed by atoms with Gasteiger partial charge in [0.15, 0.2) is 0 Å². The Kier molecular flexibility index (Phi) is 14.2. The summed E-state index contributed by atoms with van der Waals surface area (Å²) >= 11 is 0. The molecule has 0 unspecified atom stereocenters. The van der Waals surface area contributed by atoms with Crippen LogP contribution in [0, 0.1) is 0 Å². The molecule has 2 nitrogen and oxygen atoms in total. The molecule has 0 saturated carbocycles. The first-order valence-corrected chi connectivity index (χ1v) is 5.32. The highest BCUT2D eigenvalue weighted by Crippen LogP contribution is 2.07. The van der Waals surface area contributed by atoms with E-state index in [0.29, 0.717) is 0 Å². The van der Waals surface area contributed by atoms with Crippen molar-refractivity contribution >= 4 is 14.5 Å². The maximum Gasteiger partial charge on any atom is 0.673 e. The van der Waals surface area contributed by atoms with Crippen LogP contribution in [0.15, 0.2) is 0 Å². The van der Waals surface area contributed by atoms with E-state index >= 15 is 0 Å². The summed E-state index contributed by atoms with van der Waals surface area (Å²) in [5.41, 5.74) is 0. The molecule has 0 N–H and O–H groups in total. The molecule has 0 heterocycles. The average Bonchev–Trinajstić information content (AvgIpc) is 1.62. The molecule has 12 heteroatoms. The molecular formula is C8H24B2F8N2. The van der Waals surface area contributed by atoms with E-state index in [1.165, 1.54) is 0 Å². The van der Waals surface area contributed by atoms with Crippen molar-refractivity contribution < 1.29 is 43.5 Å². The third-order valence-electron chi connectivity index (χ3n) is 0. The summed E-state index contributed by atoms with van der Waals surface area (Å²) in [5.74, 6) is 0. The van der Waals surface area contributed by atoms with Crippen molar-refractivity contribution in [3.8, 4) is 0 Å². The van der Waals surface area contributed by atoms with Crippen molar-refractivity contribution in [2.75, 3.05) is 56.4 Å². The van der Waals surface area contributed by atoms with Crippen LogP contribution in [0.2, 0.25) is 0 Å². The summed E-state index contributed by atoms with van der Waals surface area (Å²) in [7, 11) is 5.00. The molecule has 0 aromatic heterocycles. The van der Waals surface area contributed by atoms with E-state index < -0.39 is 14.5 Å². The first-order chi connectivity index (χ1) is 8.00. The highest BCUT2D eigenvalue weighted by atomic mass is 19.5. The lowest BCUT2D eigenvalue weighted by molar-refractivity contribution is -0.849. The Morgan fingerprint density at radius 2 is 0.400 bits per heavy atom. The van der Waals surface area contributed by atoms with E-state index in [-0.39, 0.29) is 0 Å². The van der Waals surface area contributed by atoms with E-state index in [4.69, 9.17) is 0 Å². The van der Waals surface area contributed by atoms with Gasteiger partial charge in [-0.1, -0.05) is 0 Å². The second-order valence-corrected chi connectivity index (χ2v) is 6.36. The van der Waals surface area contributed by atoms with Crippen LogP contribution in [0.3, 0.4) is 0 Å². The number of nitrogens with zero attached hydrogens (tertiary/aromatic N) is 2. The van der Waals surface area contributed by atoms with E-state index in [9.17, 15) is 34.5 Å². The fraction of sp³-hybridized carbons (Fsp3) is 1.00. The SMILES string of the molecule is C[N+](C)(C)C.C[N+](C)(C)C.F[B-](F)(F)F.F[B-](F)(F)F. The topological polar surface area (TPSA) is 0 Å². The Labute approximate surface area is 115 Å². The van der Waals surface area contributed by atoms with Crippen molar-refractivity contribution in [1.29, 1.82) is 0 Å². The van der Waals surface area contributed by atoms with Crippen LogP contribution in [0.4, 0.5) is 34.5 Å². The smallest absolute Gasteiger partial charge is 0.418 e. The van der Waals surface area contributed by atoms with Gasteiger partial charge in [0.25, 0.3) is 0 Å². The molecule has 0 aromatic rings. The molecule has 0 aliphatic carbocycles. The Hall–Kier alpha value is -0.510. The number of quaternary nitrogens is 2. The summed E-state index contributed by atoms with van der Waals surface area (Å²) in [4.78, 5) is 0. The second-order valence-electron chi connectivity index (χ2n) is 6.36. The normalized spacial score (nSPS) is 12.0. The van der Waals surface area contributed by atoms with Gasteiger partial charge in [-0.2, -0.15) is 0 Å². The maximum absolute atomic E-state index is 9.75. The molecule has 0 aliphatic heterocycles. The lowest BCUT2D eigenvalue weighted by Gasteiger charge is -2.14. The monoisotopic (exact) mass is 322 g/mol. The minimum atomic E-state index is -6.00. The first-order valence-electron chi connectivity index (χ1n) is 5.32. The van der Waals surface area contributed by atoms with Crippen molar-refractivity contribution in [2.45, 2.75) is 0 Å². The van der Waals surface area contributed by atoms with Gasteiger partial charge < -0.3 is 43.5 Å². The number of halogens is 8. The van der Waals surface area contributed by atoms with E-state index in [1.54, 1.807) is 0 Å². The molecule has 0 saturated heterocycles. The predicted octanol–water partition coefficient (Wildman–Crippen LogP) is 3.24. The molecule has 20 heavy (non-hydrogen) atoms. The second kappa shape index (κ2) is 10.3. The summed E-state index contributed by atoms with van der Waals surface area (Å²) < 4.78 is 80.0. The molecule has 0 rings (SSSR count). The van der Waals surface area contributed by atoms with Crippen LogP contribution < -0.4 is 0 Å². The standard InChI is InChI=1S/2C4H12N.2BF4/c2*1-5(2,3)4;2*2-1(3,4)5/h2*1-4H3;;/q2*+1;2*-1. The van der Waals surface area contributed by atoms with Gasteiger partial charge in [-0.15, -0.1) is 0 Å². The Bertz CT molecular complexity index is 144. The van der Waals surface area contributed by atoms with Crippen LogP contribution in [0.5, 0.6) is 0 Å². The van der Waals surface area contributed by atoms with Gasteiger partial charge >= 0.3 is 14.5 Å². The van der Waals surface area contributed by atoms with Crippen LogP contribution in [-0.4, -0.2) is 79.9 Å². The van der Waals surface area contributed by atoms with Crippen LogP contribution >= 0.6 is 0 Å². The van der Waals surface area contributed by atoms with Gasteiger partial charge in [0, 0.05) is 0 Å². The zero-order valence-corrected chi connectivity index (χ0v) is 13.1. The molecule has 0 aliphatic rings. The molecule has 128 valence electrons. The van der Waals surface area contributed by atoms with Crippen molar-refractivity contribution in [3.63, 3.8) is 0 Å². The molecule has 0 radical (unpaired) electrons. The number of rotatable bonds is 0. The molecule has 0 amide bonds. The first kappa shape index (κ1) is 27.8. The van der Waals surface area contributed by atoms with Crippen LogP contribution in [0.25, 0.3) is 0 Å². The lowest BCUT2D eigenvalue weighted by Crippen LogP contribution is -2.27. The minimum absolute atomic E-state index is 1.00. The summed E-state index contributed by atoms with van der Waals surface area (Å²) in [5, 5.41) is 0. The lowest BCUT2D eigenvalue weighted by atomic mass is 10.3. The molecule has 0 aromatic carbocycles. The zero-order chi connectivity index (χ0) is 18.0. The molecule has 0 fully saturated rings. The summed E-state index contributed by atoms with van der Waals surface area (Å²) in [6, 6.07) is 0. The van der Waals surface area contributed by atoms with Gasteiger partial charge in [-0.25, -0.2) is 0 Å². The molecular weight excluding hydrogens is 298 g/mol. The quantitative estimate of drug-likeness (QED) is 0.365. The number of hydrogen-bond donors (Lipinski definition) is 0. The average molecular weight is 322 g/mol. The van der Waals surface area contributed by atoms with Gasteiger partial charge in [-0.3, -0.25) is 0 Å². The largest absolute Gasteiger partial charge is 0.673 e.